The predicted molar refractivity (Wildman–Crippen MR) is 117 cm³/mol. The molecule has 0 aliphatic rings. The van der Waals surface area contributed by atoms with E-state index in [1.54, 1.807) is 32.4 Å². The van der Waals surface area contributed by atoms with E-state index >= 15 is 0 Å². The summed E-state index contributed by atoms with van der Waals surface area (Å²) in [5.41, 5.74) is 1.42. The number of rotatable bonds is 7. The van der Waals surface area contributed by atoms with Crippen molar-refractivity contribution >= 4 is 22.4 Å². The number of aromatic nitrogens is 3. The quantitative estimate of drug-likeness (QED) is 0.427. The molecule has 0 saturated carbocycles. The van der Waals surface area contributed by atoms with Crippen LogP contribution in [0.1, 0.15) is 5.56 Å². The summed E-state index contributed by atoms with van der Waals surface area (Å²) in [7, 11) is 3.14. The standard InChI is InChI=1S/C22H19N3O4S/c1-4-11-29-16-8-5-14(6-9-16)12-19-21(26)25-22(30-19)23-20(24-25)15-7-10-17(27-2)18(13-15)28-3/h4-10,12-13H,1,11H2,2-3H3. The van der Waals surface area contributed by atoms with Crippen LogP contribution in [0.5, 0.6) is 17.2 Å². The molecule has 0 spiro atoms. The Morgan fingerprint density at radius 2 is 1.87 bits per heavy atom. The molecule has 0 amide bonds. The maximum atomic E-state index is 12.8. The summed E-state index contributed by atoms with van der Waals surface area (Å²) in [4.78, 5) is 17.8. The first-order valence-electron chi connectivity index (χ1n) is 9.10. The molecule has 2 aromatic carbocycles. The SMILES string of the molecule is C=CCOc1ccc(C=c2sc3nc(-c4ccc(OC)c(OC)c4)nn3c2=O)cc1. The third-order valence-electron chi connectivity index (χ3n) is 4.37. The van der Waals surface area contributed by atoms with Crippen molar-refractivity contribution in [2.45, 2.75) is 0 Å². The van der Waals surface area contributed by atoms with Crippen molar-refractivity contribution in [1.29, 1.82) is 0 Å². The Kier molecular flexibility index (Phi) is 5.49. The summed E-state index contributed by atoms with van der Waals surface area (Å²) >= 11 is 1.29. The largest absolute Gasteiger partial charge is 0.493 e. The van der Waals surface area contributed by atoms with Crippen molar-refractivity contribution in [3.8, 4) is 28.6 Å². The highest BCUT2D eigenvalue weighted by molar-refractivity contribution is 7.15. The highest BCUT2D eigenvalue weighted by Gasteiger charge is 2.14. The topological polar surface area (TPSA) is 74.9 Å². The summed E-state index contributed by atoms with van der Waals surface area (Å²) in [5, 5.41) is 4.38. The number of methoxy groups -OCH3 is 2. The van der Waals surface area contributed by atoms with Crippen LogP contribution in [0.4, 0.5) is 0 Å². The third kappa shape index (κ3) is 3.77. The van der Waals surface area contributed by atoms with Crippen molar-refractivity contribution in [2.24, 2.45) is 0 Å². The average molecular weight is 421 g/mol. The molecule has 0 aliphatic heterocycles. The molecule has 0 radical (unpaired) electrons. The van der Waals surface area contributed by atoms with E-state index in [4.69, 9.17) is 14.2 Å². The van der Waals surface area contributed by atoms with Gasteiger partial charge in [-0.25, -0.2) is 0 Å². The van der Waals surface area contributed by atoms with Crippen LogP contribution in [0.25, 0.3) is 22.4 Å². The number of fused-ring (bicyclic) bond motifs is 1. The first kappa shape index (κ1) is 19.7. The van der Waals surface area contributed by atoms with Gasteiger partial charge in [-0.05, 0) is 42.0 Å². The van der Waals surface area contributed by atoms with Gasteiger partial charge in [0.15, 0.2) is 17.3 Å². The van der Waals surface area contributed by atoms with Crippen LogP contribution in [0.15, 0.2) is 59.9 Å². The molecule has 152 valence electrons. The zero-order chi connectivity index (χ0) is 21.1. The number of nitrogens with zero attached hydrogens (tertiary/aromatic N) is 3. The Hall–Kier alpha value is -3.65. The van der Waals surface area contributed by atoms with E-state index in [-0.39, 0.29) is 5.56 Å². The fraction of sp³-hybridized carbons (Fsp3) is 0.136. The molecule has 4 rings (SSSR count). The van der Waals surface area contributed by atoms with E-state index < -0.39 is 0 Å². The smallest absolute Gasteiger partial charge is 0.291 e. The van der Waals surface area contributed by atoms with Crippen LogP contribution >= 0.6 is 11.3 Å². The summed E-state index contributed by atoms with van der Waals surface area (Å²) < 4.78 is 17.9. The first-order chi connectivity index (χ1) is 14.6. The number of ether oxygens (including phenoxy) is 3. The molecular formula is C22H19N3O4S. The number of hydrogen-bond acceptors (Lipinski definition) is 7. The van der Waals surface area contributed by atoms with Crippen molar-refractivity contribution in [2.75, 3.05) is 20.8 Å². The van der Waals surface area contributed by atoms with Gasteiger partial charge in [-0.1, -0.05) is 36.1 Å². The van der Waals surface area contributed by atoms with E-state index in [0.717, 1.165) is 16.9 Å². The Morgan fingerprint density at radius 3 is 2.53 bits per heavy atom. The molecule has 0 fully saturated rings. The molecule has 8 heteroatoms. The molecule has 30 heavy (non-hydrogen) atoms. The van der Waals surface area contributed by atoms with Gasteiger partial charge >= 0.3 is 0 Å². The molecule has 7 nitrogen and oxygen atoms in total. The number of benzene rings is 2. The summed E-state index contributed by atoms with van der Waals surface area (Å²) in [5.74, 6) is 2.39. The highest BCUT2D eigenvalue weighted by Crippen LogP contribution is 2.31. The molecule has 0 aliphatic carbocycles. The van der Waals surface area contributed by atoms with Gasteiger partial charge in [0, 0.05) is 5.56 Å². The molecule has 2 aromatic heterocycles. The Balaban J connectivity index is 1.66. The van der Waals surface area contributed by atoms with E-state index in [2.05, 4.69) is 16.7 Å². The fourth-order valence-corrected chi connectivity index (χ4v) is 3.81. The molecular weight excluding hydrogens is 402 g/mol. The second kappa shape index (κ2) is 8.38. The van der Waals surface area contributed by atoms with Crippen LogP contribution in [0, 0.1) is 0 Å². The van der Waals surface area contributed by atoms with E-state index in [1.165, 1.54) is 15.9 Å². The van der Waals surface area contributed by atoms with E-state index in [1.807, 2.05) is 36.4 Å². The minimum atomic E-state index is -0.207. The maximum absolute atomic E-state index is 12.8. The van der Waals surface area contributed by atoms with Crippen molar-refractivity contribution < 1.29 is 14.2 Å². The van der Waals surface area contributed by atoms with Crippen LogP contribution in [0.3, 0.4) is 0 Å². The van der Waals surface area contributed by atoms with Gasteiger partial charge in [-0.15, -0.1) is 5.10 Å². The van der Waals surface area contributed by atoms with Gasteiger partial charge in [0.2, 0.25) is 4.96 Å². The van der Waals surface area contributed by atoms with E-state index in [9.17, 15) is 4.79 Å². The van der Waals surface area contributed by atoms with Crippen LogP contribution in [-0.4, -0.2) is 35.4 Å². The van der Waals surface area contributed by atoms with Crippen LogP contribution in [-0.2, 0) is 0 Å². The zero-order valence-electron chi connectivity index (χ0n) is 16.5. The van der Waals surface area contributed by atoms with Crippen molar-refractivity contribution in [3.63, 3.8) is 0 Å². The molecule has 0 unspecified atom stereocenters. The predicted octanol–water partition coefficient (Wildman–Crippen LogP) is 2.95. The average Bonchev–Trinajstić information content (AvgIpc) is 3.32. The highest BCUT2D eigenvalue weighted by atomic mass is 32.1. The molecule has 2 heterocycles. The number of hydrogen-bond donors (Lipinski definition) is 0. The van der Waals surface area contributed by atoms with Gasteiger partial charge in [-0.3, -0.25) is 4.79 Å². The zero-order valence-corrected chi connectivity index (χ0v) is 17.3. The van der Waals surface area contributed by atoms with Gasteiger partial charge in [0.25, 0.3) is 5.56 Å². The lowest BCUT2D eigenvalue weighted by Crippen LogP contribution is -2.23. The first-order valence-corrected chi connectivity index (χ1v) is 9.92. The molecule has 4 aromatic rings. The maximum Gasteiger partial charge on any atom is 0.291 e. The van der Waals surface area contributed by atoms with Gasteiger partial charge in [-0.2, -0.15) is 9.50 Å². The lowest BCUT2D eigenvalue weighted by Gasteiger charge is -2.07. The fourth-order valence-electron chi connectivity index (χ4n) is 2.90. The summed E-state index contributed by atoms with van der Waals surface area (Å²) in [6.07, 6.45) is 3.51. The Morgan fingerprint density at radius 1 is 1.10 bits per heavy atom. The normalized spacial score (nSPS) is 11.6. The third-order valence-corrected chi connectivity index (χ3v) is 5.33. The van der Waals surface area contributed by atoms with Crippen LogP contribution < -0.4 is 24.3 Å². The Labute approximate surface area is 176 Å². The van der Waals surface area contributed by atoms with Crippen molar-refractivity contribution in [1.82, 2.24) is 14.6 Å². The Bertz CT molecular complexity index is 1310. The monoisotopic (exact) mass is 421 g/mol. The van der Waals surface area contributed by atoms with Gasteiger partial charge in [0.05, 0.1) is 18.8 Å². The van der Waals surface area contributed by atoms with Gasteiger partial charge in [0.1, 0.15) is 12.4 Å². The van der Waals surface area contributed by atoms with Crippen molar-refractivity contribution in [3.05, 3.63) is 75.6 Å². The summed E-state index contributed by atoms with van der Waals surface area (Å²) in [6, 6.07) is 12.9. The lowest BCUT2D eigenvalue weighted by atomic mass is 10.2. The molecule has 0 bridgehead atoms. The lowest BCUT2D eigenvalue weighted by molar-refractivity contribution is 0.355. The van der Waals surface area contributed by atoms with Gasteiger partial charge < -0.3 is 14.2 Å². The molecule has 0 saturated heterocycles. The minimum absolute atomic E-state index is 0.207. The second-order valence-electron chi connectivity index (χ2n) is 6.28. The van der Waals surface area contributed by atoms with E-state index in [0.29, 0.717) is 33.4 Å². The van der Waals surface area contributed by atoms with Crippen LogP contribution in [0.2, 0.25) is 0 Å². The summed E-state index contributed by atoms with van der Waals surface area (Å²) in [6.45, 7) is 4.07. The minimum Gasteiger partial charge on any atom is -0.493 e. The molecule has 0 N–H and O–H groups in total. The number of thiazole rings is 1. The second-order valence-corrected chi connectivity index (χ2v) is 7.29. The molecule has 0 atom stereocenters.